The van der Waals surface area contributed by atoms with Gasteiger partial charge in [-0.15, -0.1) is 0 Å². The van der Waals surface area contributed by atoms with Gasteiger partial charge < -0.3 is 16.0 Å². The van der Waals surface area contributed by atoms with Crippen LogP contribution in [0, 0.1) is 5.92 Å². The molecule has 0 radical (unpaired) electrons. The largest absolute Gasteiger partial charge is 0.356 e. The van der Waals surface area contributed by atoms with Crippen LogP contribution < -0.4 is 16.0 Å². The fourth-order valence-corrected chi connectivity index (χ4v) is 1.87. The molecule has 21 heavy (non-hydrogen) atoms. The molecule has 116 valence electrons. The van der Waals surface area contributed by atoms with Crippen molar-refractivity contribution in [2.75, 3.05) is 25.0 Å². The number of likely N-dealkylation sites (N-methyl/N-ethyl adjacent to an activating group) is 1. The third-order valence-electron chi connectivity index (χ3n) is 3.11. The van der Waals surface area contributed by atoms with Crippen LogP contribution >= 0.6 is 0 Å². The SMILES string of the molecule is CCNCC(C)C(=O)Nc1ccc(CC(=O)NCC)cc1. The van der Waals surface area contributed by atoms with Crippen LogP contribution in [0.15, 0.2) is 24.3 Å². The standard InChI is InChI=1S/C16H25N3O2/c1-4-17-11-12(3)16(21)19-14-8-6-13(7-9-14)10-15(20)18-5-2/h6-9,12,17H,4-5,10-11H2,1-3H3,(H,18,20)(H,19,21). The first-order chi connectivity index (χ1) is 10.1. The van der Waals surface area contributed by atoms with Crippen LogP contribution in [0.25, 0.3) is 0 Å². The molecule has 1 unspecified atom stereocenters. The maximum atomic E-state index is 12.0. The molecule has 2 amide bonds. The molecule has 1 rings (SSSR count). The molecule has 0 fully saturated rings. The van der Waals surface area contributed by atoms with Crippen LogP contribution in [0.3, 0.4) is 0 Å². The molecule has 5 heteroatoms. The first-order valence-electron chi connectivity index (χ1n) is 7.44. The molecule has 0 aliphatic heterocycles. The van der Waals surface area contributed by atoms with Gasteiger partial charge in [0, 0.05) is 24.7 Å². The molecule has 0 aromatic heterocycles. The molecule has 1 atom stereocenters. The number of carbonyl (C=O) groups is 2. The van der Waals surface area contributed by atoms with E-state index in [0.29, 0.717) is 19.5 Å². The predicted molar refractivity (Wildman–Crippen MR) is 85.2 cm³/mol. The Balaban J connectivity index is 2.50. The smallest absolute Gasteiger partial charge is 0.228 e. The normalized spacial score (nSPS) is 11.8. The first kappa shape index (κ1) is 17.2. The topological polar surface area (TPSA) is 70.2 Å². The van der Waals surface area contributed by atoms with E-state index in [2.05, 4.69) is 16.0 Å². The van der Waals surface area contributed by atoms with Crippen molar-refractivity contribution in [1.82, 2.24) is 10.6 Å². The Kier molecular flexibility index (Phi) is 7.46. The summed E-state index contributed by atoms with van der Waals surface area (Å²) in [5.74, 6) is -0.0825. The van der Waals surface area contributed by atoms with Crippen molar-refractivity contribution in [2.24, 2.45) is 5.92 Å². The maximum absolute atomic E-state index is 12.0. The highest BCUT2D eigenvalue weighted by atomic mass is 16.2. The fourth-order valence-electron chi connectivity index (χ4n) is 1.87. The number of carbonyl (C=O) groups excluding carboxylic acids is 2. The number of hydrogen-bond donors (Lipinski definition) is 3. The Bertz CT molecular complexity index is 457. The zero-order valence-electron chi connectivity index (χ0n) is 13.0. The van der Waals surface area contributed by atoms with Crippen LogP contribution in [0.5, 0.6) is 0 Å². The van der Waals surface area contributed by atoms with Gasteiger partial charge in [0.15, 0.2) is 0 Å². The number of rotatable bonds is 8. The van der Waals surface area contributed by atoms with Gasteiger partial charge in [0.1, 0.15) is 0 Å². The molecule has 1 aromatic rings. The van der Waals surface area contributed by atoms with E-state index in [-0.39, 0.29) is 17.7 Å². The van der Waals surface area contributed by atoms with Crippen LogP contribution in [0.4, 0.5) is 5.69 Å². The van der Waals surface area contributed by atoms with Crippen molar-refractivity contribution < 1.29 is 9.59 Å². The molecule has 0 bridgehead atoms. The van der Waals surface area contributed by atoms with E-state index in [9.17, 15) is 9.59 Å². The molecule has 3 N–H and O–H groups in total. The summed E-state index contributed by atoms with van der Waals surface area (Å²) in [7, 11) is 0. The number of nitrogens with one attached hydrogen (secondary N) is 3. The number of anilines is 1. The number of amides is 2. The zero-order chi connectivity index (χ0) is 15.7. The molecule has 0 aliphatic carbocycles. The predicted octanol–water partition coefficient (Wildman–Crippen LogP) is 1.55. The lowest BCUT2D eigenvalue weighted by Gasteiger charge is -2.12. The Morgan fingerprint density at radius 2 is 1.76 bits per heavy atom. The molecular formula is C16H25N3O2. The summed E-state index contributed by atoms with van der Waals surface area (Å²) in [6, 6.07) is 7.37. The lowest BCUT2D eigenvalue weighted by Crippen LogP contribution is -2.30. The summed E-state index contributed by atoms with van der Waals surface area (Å²) >= 11 is 0. The number of hydrogen-bond acceptors (Lipinski definition) is 3. The molecule has 0 saturated heterocycles. The van der Waals surface area contributed by atoms with Crippen molar-refractivity contribution in [3.63, 3.8) is 0 Å². The van der Waals surface area contributed by atoms with Gasteiger partial charge in [0.2, 0.25) is 11.8 Å². The minimum atomic E-state index is -0.0834. The van der Waals surface area contributed by atoms with Crippen LogP contribution in [-0.4, -0.2) is 31.4 Å². The molecule has 1 aromatic carbocycles. The second-order valence-corrected chi connectivity index (χ2v) is 5.03. The third kappa shape index (κ3) is 6.40. The van der Waals surface area contributed by atoms with E-state index in [4.69, 9.17) is 0 Å². The summed E-state index contributed by atoms with van der Waals surface area (Å²) in [6.45, 7) is 7.95. The maximum Gasteiger partial charge on any atom is 0.228 e. The van der Waals surface area contributed by atoms with E-state index in [1.165, 1.54) is 0 Å². The van der Waals surface area contributed by atoms with Gasteiger partial charge in [-0.2, -0.15) is 0 Å². The van der Waals surface area contributed by atoms with Crippen LogP contribution in [-0.2, 0) is 16.0 Å². The minimum Gasteiger partial charge on any atom is -0.356 e. The van der Waals surface area contributed by atoms with E-state index in [1.807, 2.05) is 45.0 Å². The summed E-state index contributed by atoms with van der Waals surface area (Å²) in [5, 5.41) is 8.79. The Labute approximate surface area is 126 Å². The molecule has 0 spiro atoms. The highest BCUT2D eigenvalue weighted by Crippen LogP contribution is 2.11. The first-order valence-corrected chi connectivity index (χ1v) is 7.44. The lowest BCUT2D eigenvalue weighted by atomic mass is 10.1. The fraction of sp³-hybridized carbons (Fsp3) is 0.500. The van der Waals surface area contributed by atoms with Crippen LogP contribution in [0.2, 0.25) is 0 Å². The summed E-state index contributed by atoms with van der Waals surface area (Å²) < 4.78 is 0. The second-order valence-electron chi connectivity index (χ2n) is 5.03. The van der Waals surface area contributed by atoms with Gasteiger partial charge in [-0.1, -0.05) is 26.0 Å². The Morgan fingerprint density at radius 3 is 2.33 bits per heavy atom. The van der Waals surface area contributed by atoms with Crippen LogP contribution in [0.1, 0.15) is 26.3 Å². The summed E-state index contributed by atoms with van der Waals surface area (Å²) in [4.78, 5) is 23.4. The summed E-state index contributed by atoms with van der Waals surface area (Å²) in [6.07, 6.45) is 0.360. The van der Waals surface area contributed by atoms with Gasteiger partial charge in [0.05, 0.1) is 6.42 Å². The zero-order valence-corrected chi connectivity index (χ0v) is 13.0. The van der Waals surface area contributed by atoms with Gasteiger partial charge in [-0.05, 0) is 31.2 Å². The lowest BCUT2D eigenvalue weighted by molar-refractivity contribution is -0.120. The molecule has 0 heterocycles. The van der Waals surface area contributed by atoms with Crippen molar-refractivity contribution >= 4 is 17.5 Å². The highest BCUT2D eigenvalue weighted by Gasteiger charge is 2.12. The molecular weight excluding hydrogens is 266 g/mol. The molecule has 0 aliphatic rings. The van der Waals surface area contributed by atoms with Crippen molar-refractivity contribution in [3.05, 3.63) is 29.8 Å². The highest BCUT2D eigenvalue weighted by molar-refractivity contribution is 5.92. The van der Waals surface area contributed by atoms with E-state index >= 15 is 0 Å². The van der Waals surface area contributed by atoms with E-state index < -0.39 is 0 Å². The van der Waals surface area contributed by atoms with Crippen molar-refractivity contribution in [2.45, 2.75) is 27.2 Å². The summed E-state index contributed by atoms with van der Waals surface area (Å²) in [5.41, 5.74) is 1.68. The van der Waals surface area contributed by atoms with Gasteiger partial charge in [0.25, 0.3) is 0 Å². The van der Waals surface area contributed by atoms with Gasteiger partial charge in [-0.3, -0.25) is 9.59 Å². The monoisotopic (exact) mass is 291 g/mol. The second kappa shape index (κ2) is 9.13. The van der Waals surface area contributed by atoms with Gasteiger partial charge in [-0.25, -0.2) is 0 Å². The quantitative estimate of drug-likeness (QED) is 0.680. The van der Waals surface area contributed by atoms with Crippen molar-refractivity contribution in [1.29, 1.82) is 0 Å². The average molecular weight is 291 g/mol. The van der Waals surface area contributed by atoms with E-state index in [1.54, 1.807) is 0 Å². The molecule has 5 nitrogen and oxygen atoms in total. The Hall–Kier alpha value is -1.88. The molecule has 0 saturated carbocycles. The van der Waals surface area contributed by atoms with Gasteiger partial charge >= 0.3 is 0 Å². The number of benzene rings is 1. The minimum absolute atomic E-state index is 0.00701. The van der Waals surface area contributed by atoms with Crippen molar-refractivity contribution in [3.8, 4) is 0 Å². The Morgan fingerprint density at radius 1 is 1.10 bits per heavy atom. The average Bonchev–Trinajstić information content (AvgIpc) is 2.47. The van der Waals surface area contributed by atoms with E-state index in [0.717, 1.165) is 17.8 Å². The third-order valence-corrected chi connectivity index (χ3v) is 3.11.